The zero-order chi connectivity index (χ0) is 24.1. The van der Waals surface area contributed by atoms with Crippen LogP contribution >= 0.6 is 46.8 Å². The van der Waals surface area contributed by atoms with Gasteiger partial charge in [0.2, 0.25) is 0 Å². The number of anilines is 1. The van der Waals surface area contributed by atoms with Crippen molar-refractivity contribution in [3.63, 3.8) is 0 Å². The predicted molar refractivity (Wildman–Crippen MR) is 146 cm³/mol. The van der Waals surface area contributed by atoms with Gasteiger partial charge in [0.05, 0.1) is 12.2 Å². The molecule has 1 aliphatic heterocycles. The van der Waals surface area contributed by atoms with E-state index in [4.69, 9.17) is 40.2 Å². The van der Waals surface area contributed by atoms with Crippen LogP contribution in [-0.2, 0) is 24.1 Å². The van der Waals surface area contributed by atoms with Gasteiger partial charge in [0.1, 0.15) is 5.00 Å². The molecule has 1 aromatic carbocycles. The average molecular weight is 541 g/mol. The van der Waals surface area contributed by atoms with E-state index in [9.17, 15) is 4.79 Å². The molecule has 1 N–H and O–H groups in total. The van der Waals surface area contributed by atoms with Crippen LogP contribution in [0.5, 0.6) is 0 Å². The number of halogens is 2. The number of carbonyl (C=O) groups is 1. The summed E-state index contributed by atoms with van der Waals surface area (Å²) in [5, 5.41) is 6.31. The summed E-state index contributed by atoms with van der Waals surface area (Å²) >= 11 is 20.2. The Kier molecular flexibility index (Phi) is 9.10. The van der Waals surface area contributed by atoms with Crippen LogP contribution in [0.25, 0.3) is 0 Å². The molecule has 5 nitrogen and oxygen atoms in total. The van der Waals surface area contributed by atoms with Gasteiger partial charge in [-0.2, -0.15) is 0 Å². The van der Waals surface area contributed by atoms with E-state index >= 15 is 0 Å². The van der Waals surface area contributed by atoms with Crippen LogP contribution in [0.15, 0.2) is 18.2 Å². The number of piperazine rings is 1. The summed E-state index contributed by atoms with van der Waals surface area (Å²) in [5.74, 6) is -0.243. The molecule has 1 aromatic heterocycles. The zero-order valence-corrected chi connectivity index (χ0v) is 22.6. The maximum atomic E-state index is 12.9. The van der Waals surface area contributed by atoms with Crippen LogP contribution in [0.2, 0.25) is 10.0 Å². The Morgan fingerprint density at radius 3 is 2.44 bits per heavy atom. The number of nitrogens with one attached hydrogen (secondary N) is 1. The molecule has 0 atom stereocenters. The molecular weight excluding hydrogens is 509 g/mol. The minimum Gasteiger partial charge on any atom is -0.462 e. The molecule has 1 aliphatic carbocycles. The number of esters is 1. The van der Waals surface area contributed by atoms with Crippen molar-refractivity contribution in [2.45, 2.75) is 52.0 Å². The summed E-state index contributed by atoms with van der Waals surface area (Å²) in [6.07, 6.45) is 6.68. The zero-order valence-electron chi connectivity index (χ0n) is 19.5. The Bertz CT molecular complexity index is 1020. The average Bonchev–Trinajstić information content (AvgIpc) is 3.12. The number of thiophene rings is 1. The molecule has 4 rings (SSSR count). The summed E-state index contributed by atoms with van der Waals surface area (Å²) in [6.45, 7) is 6.24. The molecule has 34 heavy (non-hydrogen) atoms. The predicted octanol–water partition coefficient (Wildman–Crippen LogP) is 6.41. The molecule has 1 fully saturated rings. The third-order valence-corrected chi connectivity index (χ3v) is 8.75. The van der Waals surface area contributed by atoms with Crippen molar-refractivity contribution >= 4 is 62.8 Å². The Hall–Kier alpha value is -1.38. The number of fused-ring (bicyclic) bond motifs is 1. The van der Waals surface area contributed by atoms with Gasteiger partial charge in [0.15, 0.2) is 5.11 Å². The van der Waals surface area contributed by atoms with Gasteiger partial charge in [-0.1, -0.05) is 42.1 Å². The van der Waals surface area contributed by atoms with Gasteiger partial charge in [-0.05, 0) is 62.5 Å². The maximum absolute atomic E-state index is 12.9. The molecular formula is C25H31Cl2N3O2S2. The van der Waals surface area contributed by atoms with Crippen LogP contribution in [-0.4, -0.2) is 53.7 Å². The quantitative estimate of drug-likeness (QED) is 0.350. The normalized spacial score (nSPS) is 17.0. The molecule has 0 radical (unpaired) electrons. The standard InChI is InChI=1S/C25H31Cl2N3O2S2/c1-2-32-24(31)22-17-8-5-3-4-6-11-21(17)34-23(22)28-25(33)30-14-12-29(13-15-30)16-18-19(26)9-7-10-20(18)27/h7,9-10H,2-6,8,11-16H2,1H3,(H,28,33). The fraction of sp³-hybridized carbons (Fsp3) is 0.520. The first-order valence-electron chi connectivity index (χ1n) is 12.0. The molecule has 2 heterocycles. The van der Waals surface area contributed by atoms with E-state index in [-0.39, 0.29) is 5.97 Å². The van der Waals surface area contributed by atoms with E-state index < -0.39 is 0 Å². The van der Waals surface area contributed by atoms with Gasteiger partial charge in [0.25, 0.3) is 0 Å². The van der Waals surface area contributed by atoms with Crippen molar-refractivity contribution in [1.29, 1.82) is 0 Å². The van der Waals surface area contributed by atoms with E-state index in [1.165, 1.54) is 17.7 Å². The van der Waals surface area contributed by atoms with Gasteiger partial charge >= 0.3 is 5.97 Å². The van der Waals surface area contributed by atoms with Crippen molar-refractivity contribution in [2.75, 3.05) is 38.1 Å². The largest absolute Gasteiger partial charge is 0.462 e. The van der Waals surface area contributed by atoms with Crippen LogP contribution in [0.1, 0.15) is 59.0 Å². The lowest BCUT2D eigenvalue weighted by Gasteiger charge is -2.36. The lowest BCUT2D eigenvalue weighted by Crippen LogP contribution is -2.49. The Balaban J connectivity index is 1.43. The fourth-order valence-corrected chi connectivity index (χ4v) is 6.76. The second kappa shape index (κ2) is 12.0. The van der Waals surface area contributed by atoms with Gasteiger partial charge in [-0.15, -0.1) is 11.3 Å². The topological polar surface area (TPSA) is 44.8 Å². The highest BCUT2D eigenvalue weighted by molar-refractivity contribution is 7.80. The minimum atomic E-state index is -0.243. The molecule has 0 unspecified atom stereocenters. The summed E-state index contributed by atoms with van der Waals surface area (Å²) in [7, 11) is 0. The first-order valence-corrected chi connectivity index (χ1v) is 14.0. The van der Waals surface area contributed by atoms with E-state index in [2.05, 4.69) is 15.1 Å². The third kappa shape index (κ3) is 6.05. The first-order chi connectivity index (χ1) is 16.5. The summed E-state index contributed by atoms with van der Waals surface area (Å²) in [4.78, 5) is 18.7. The highest BCUT2D eigenvalue weighted by Crippen LogP contribution is 2.38. The smallest absolute Gasteiger partial charge is 0.341 e. The van der Waals surface area contributed by atoms with Crippen molar-refractivity contribution in [2.24, 2.45) is 0 Å². The highest BCUT2D eigenvalue weighted by Gasteiger charge is 2.27. The Morgan fingerprint density at radius 2 is 1.76 bits per heavy atom. The number of hydrogen-bond donors (Lipinski definition) is 1. The molecule has 0 spiro atoms. The van der Waals surface area contributed by atoms with Crippen molar-refractivity contribution in [3.05, 3.63) is 49.8 Å². The lowest BCUT2D eigenvalue weighted by atomic mass is 9.96. The van der Waals surface area contributed by atoms with Gasteiger partial charge < -0.3 is 15.0 Å². The number of rotatable bonds is 5. The Labute approximate surface area is 221 Å². The fourth-order valence-electron chi connectivity index (χ4n) is 4.62. The van der Waals surface area contributed by atoms with Crippen molar-refractivity contribution in [1.82, 2.24) is 9.80 Å². The number of aryl methyl sites for hydroxylation is 1. The number of nitrogens with zero attached hydrogens (tertiary/aromatic N) is 2. The molecule has 9 heteroatoms. The number of hydrogen-bond acceptors (Lipinski definition) is 5. The number of carbonyl (C=O) groups excluding carboxylic acids is 1. The van der Waals surface area contributed by atoms with Crippen molar-refractivity contribution < 1.29 is 9.53 Å². The van der Waals surface area contributed by atoms with Crippen LogP contribution < -0.4 is 5.32 Å². The Morgan fingerprint density at radius 1 is 1.09 bits per heavy atom. The van der Waals surface area contributed by atoms with Crippen LogP contribution in [0.4, 0.5) is 5.00 Å². The number of thiocarbonyl (C=S) groups is 1. The monoisotopic (exact) mass is 539 g/mol. The van der Waals surface area contributed by atoms with Gasteiger partial charge in [-0.25, -0.2) is 4.79 Å². The molecule has 1 saturated heterocycles. The van der Waals surface area contributed by atoms with Gasteiger partial charge in [-0.3, -0.25) is 4.90 Å². The molecule has 184 valence electrons. The third-order valence-electron chi connectivity index (χ3n) is 6.47. The highest BCUT2D eigenvalue weighted by atomic mass is 35.5. The lowest BCUT2D eigenvalue weighted by molar-refractivity contribution is 0.0526. The maximum Gasteiger partial charge on any atom is 0.341 e. The molecule has 2 aromatic rings. The van der Waals surface area contributed by atoms with E-state index in [0.29, 0.717) is 27.3 Å². The van der Waals surface area contributed by atoms with Crippen LogP contribution in [0.3, 0.4) is 0 Å². The van der Waals surface area contributed by atoms with Crippen LogP contribution in [0, 0.1) is 0 Å². The summed E-state index contributed by atoms with van der Waals surface area (Å²) in [5.41, 5.74) is 2.82. The van der Waals surface area contributed by atoms with E-state index in [1.54, 1.807) is 11.3 Å². The number of ether oxygens (including phenoxy) is 1. The molecule has 0 amide bonds. The number of benzene rings is 1. The van der Waals surface area contributed by atoms with E-state index in [0.717, 1.165) is 74.5 Å². The first kappa shape index (κ1) is 25.7. The molecule has 0 saturated carbocycles. The molecule has 0 bridgehead atoms. The van der Waals surface area contributed by atoms with E-state index in [1.807, 2.05) is 25.1 Å². The van der Waals surface area contributed by atoms with Gasteiger partial charge in [0, 0.05) is 53.2 Å². The summed E-state index contributed by atoms with van der Waals surface area (Å²) in [6, 6.07) is 5.63. The molecule has 2 aliphatic rings. The summed E-state index contributed by atoms with van der Waals surface area (Å²) < 4.78 is 5.42. The van der Waals surface area contributed by atoms with Crippen molar-refractivity contribution in [3.8, 4) is 0 Å². The second-order valence-corrected chi connectivity index (χ2v) is 11.0. The SMILES string of the molecule is CCOC(=O)c1c(NC(=S)N2CCN(Cc3c(Cl)cccc3Cl)CC2)sc2c1CCCCCC2. The minimum absolute atomic E-state index is 0.243. The second-order valence-electron chi connectivity index (χ2n) is 8.74.